The molecule has 2 rings (SSSR count). The number of fused-ring (bicyclic) bond motifs is 1. The number of aryl methyl sites for hydroxylation is 1. The summed E-state index contributed by atoms with van der Waals surface area (Å²) in [6.07, 6.45) is 3.11. The fourth-order valence-corrected chi connectivity index (χ4v) is 1.94. The number of nitrogens with two attached hydrogens (primary N) is 1. The smallest absolute Gasteiger partial charge is 0.0482 e. The first-order valence-corrected chi connectivity index (χ1v) is 5.13. The molecule has 0 saturated carbocycles. The molecular formula is C12H16N2. The summed E-state index contributed by atoms with van der Waals surface area (Å²) in [4.78, 5) is 0. The number of hydrogen-bond donors (Lipinski definition) is 1. The van der Waals surface area contributed by atoms with Crippen LogP contribution < -0.4 is 5.73 Å². The van der Waals surface area contributed by atoms with Crippen molar-refractivity contribution in [1.82, 2.24) is 4.57 Å². The Morgan fingerprint density at radius 3 is 2.86 bits per heavy atom. The highest BCUT2D eigenvalue weighted by Gasteiger charge is 2.03. The van der Waals surface area contributed by atoms with Crippen LogP contribution in [0, 0.1) is 0 Å². The van der Waals surface area contributed by atoms with E-state index < -0.39 is 0 Å². The molecular weight excluding hydrogens is 172 g/mol. The maximum atomic E-state index is 5.58. The molecule has 2 heteroatoms. The van der Waals surface area contributed by atoms with E-state index in [2.05, 4.69) is 42.0 Å². The SMILES string of the molecule is CCn1ccc2c(CCN)cccc21. The van der Waals surface area contributed by atoms with Crippen molar-refractivity contribution in [2.75, 3.05) is 6.54 Å². The molecule has 1 heterocycles. The van der Waals surface area contributed by atoms with Gasteiger partial charge in [-0.05, 0) is 37.6 Å². The molecule has 2 aromatic rings. The van der Waals surface area contributed by atoms with Gasteiger partial charge in [-0.25, -0.2) is 0 Å². The molecule has 0 aliphatic carbocycles. The van der Waals surface area contributed by atoms with Crippen molar-refractivity contribution in [3.63, 3.8) is 0 Å². The minimum atomic E-state index is 0.719. The van der Waals surface area contributed by atoms with Gasteiger partial charge in [0.15, 0.2) is 0 Å². The van der Waals surface area contributed by atoms with Crippen molar-refractivity contribution >= 4 is 10.9 Å². The van der Waals surface area contributed by atoms with Crippen LogP contribution in [0.1, 0.15) is 12.5 Å². The van der Waals surface area contributed by atoms with Crippen LogP contribution >= 0.6 is 0 Å². The standard InChI is InChI=1S/C12H16N2/c1-2-14-9-7-11-10(6-8-13)4-3-5-12(11)14/h3-5,7,9H,2,6,8,13H2,1H3. The molecule has 0 radical (unpaired) electrons. The number of aromatic nitrogens is 1. The zero-order valence-electron chi connectivity index (χ0n) is 8.53. The number of benzene rings is 1. The monoisotopic (exact) mass is 188 g/mol. The highest BCUT2D eigenvalue weighted by molar-refractivity contribution is 5.83. The second-order valence-corrected chi connectivity index (χ2v) is 3.49. The van der Waals surface area contributed by atoms with Crippen LogP contribution in [0.2, 0.25) is 0 Å². The summed E-state index contributed by atoms with van der Waals surface area (Å²) < 4.78 is 2.26. The van der Waals surface area contributed by atoms with Gasteiger partial charge in [-0.15, -0.1) is 0 Å². The minimum absolute atomic E-state index is 0.719. The van der Waals surface area contributed by atoms with Gasteiger partial charge in [-0.1, -0.05) is 12.1 Å². The largest absolute Gasteiger partial charge is 0.348 e. The summed E-state index contributed by atoms with van der Waals surface area (Å²) in [5.74, 6) is 0. The van der Waals surface area contributed by atoms with E-state index in [0.29, 0.717) is 0 Å². The van der Waals surface area contributed by atoms with E-state index in [-0.39, 0.29) is 0 Å². The van der Waals surface area contributed by atoms with Crippen LogP contribution in [0.3, 0.4) is 0 Å². The average Bonchev–Trinajstić information content (AvgIpc) is 2.62. The van der Waals surface area contributed by atoms with E-state index in [9.17, 15) is 0 Å². The van der Waals surface area contributed by atoms with Crippen molar-refractivity contribution in [1.29, 1.82) is 0 Å². The Kier molecular flexibility index (Phi) is 2.55. The van der Waals surface area contributed by atoms with Crippen LogP contribution in [0.5, 0.6) is 0 Å². The predicted molar refractivity (Wildman–Crippen MR) is 60.4 cm³/mol. The Morgan fingerprint density at radius 2 is 2.14 bits per heavy atom. The lowest BCUT2D eigenvalue weighted by Gasteiger charge is -2.03. The summed E-state index contributed by atoms with van der Waals surface area (Å²) in [6, 6.07) is 8.62. The molecule has 74 valence electrons. The number of rotatable bonds is 3. The van der Waals surface area contributed by atoms with Crippen LogP contribution in [-0.2, 0) is 13.0 Å². The predicted octanol–water partition coefficient (Wildman–Crippen LogP) is 2.16. The van der Waals surface area contributed by atoms with Crippen molar-refractivity contribution in [3.8, 4) is 0 Å². The highest BCUT2D eigenvalue weighted by Crippen LogP contribution is 2.20. The second kappa shape index (κ2) is 3.84. The Labute approximate surface area is 84.3 Å². The topological polar surface area (TPSA) is 30.9 Å². The van der Waals surface area contributed by atoms with Gasteiger partial charge in [-0.2, -0.15) is 0 Å². The molecule has 0 atom stereocenters. The average molecular weight is 188 g/mol. The maximum Gasteiger partial charge on any atom is 0.0482 e. The first-order chi connectivity index (χ1) is 6.86. The first kappa shape index (κ1) is 9.28. The Balaban J connectivity index is 2.58. The summed E-state index contributed by atoms with van der Waals surface area (Å²) in [7, 11) is 0. The van der Waals surface area contributed by atoms with Crippen LogP contribution in [-0.4, -0.2) is 11.1 Å². The van der Waals surface area contributed by atoms with Gasteiger partial charge in [0.2, 0.25) is 0 Å². The van der Waals surface area contributed by atoms with Crippen LogP contribution in [0.4, 0.5) is 0 Å². The molecule has 14 heavy (non-hydrogen) atoms. The molecule has 1 aromatic heterocycles. The van der Waals surface area contributed by atoms with Crippen LogP contribution in [0.15, 0.2) is 30.5 Å². The third-order valence-electron chi connectivity index (χ3n) is 2.66. The summed E-state index contributed by atoms with van der Waals surface area (Å²) in [5.41, 5.74) is 8.26. The maximum absolute atomic E-state index is 5.58. The lowest BCUT2D eigenvalue weighted by atomic mass is 10.1. The summed E-state index contributed by atoms with van der Waals surface area (Å²) >= 11 is 0. The molecule has 0 fully saturated rings. The second-order valence-electron chi connectivity index (χ2n) is 3.49. The summed E-state index contributed by atoms with van der Waals surface area (Å²) in [5, 5.41) is 1.35. The van der Waals surface area contributed by atoms with Gasteiger partial charge in [0, 0.05) is 23.6 Å². The molecule has 0 aliphatic heterocycles. The lowest BCUT2D eigenvalue weighted by molar-refractivity contribution is 0.797. The number of nitrogens with zero attached hydrogens (tertiary/aromatic N) is 1. The van der Waals surface area contributed by atoms with Gasteiger partial charge in [-0.3, -0.25) is 0 Å². The van der Waals surface area contributed by atoms with E-state index in [0.717, 1.165) is 19.5 Å². The quantitative estimate of drug-likeness (QED) is 0.786. The third-order valence-corrected chi connectivity index (χ3v) is 2.66. The lowest BCUT2D eigenvalue weighted by Crippen LogP contribution is -2.02. The zero-order chi connectivity index (χ0) is 9.97. The highest BCUT2D eigenvalue weighted by atomic mass is 14.9. The van der Waals surface area contributed by atoms with Crippen molar-refractivity contribution in [2.45, 2.75) is 19.9 Å². The Bertz CT molecular complexity index is 429. The van der Waals surface area contributed by atoms with E-state index in [1.807, 2.05) is 0 Å². The van der Waals surface area contributed by atoms with E-state index in [1.54, 1.807) is 0 Å². The normalized spacial score (nSPS) is 11.0. The van der Waals surface area contributed by atoms with Crippen LogP contribution in [0.25, 0.3) is 10.9 Å². The van der Waals surface area contributed by atoms with Gasteiger partial charge in [0.05, 0.1) is 0 Å². The van der Waals surface area contributed by atoms with Gasteiger partial charge >= 0.3 is 0 Å². The molecule has 0 aliphatic rings. The first-order valence-electron chi connectivity index (χ1n) is 5.13. The minimum Gasteiger partial charge on any atom is -0.348 e. The molecule has 0 bridgehead atoms. The summed E-state index contributed by atoms with van der Waals surface area (Å²) in [6.45, 7) is 3.90. The van der Waals surface area contributed by atoms with Crippen molar-refractivity contribution in [3.05, 3.63) is 36.0 Å². The van der Waals surface area contributed by atoms with Crippen molar-refractivity contribution < 1.29 is 0 Å². The van der Waals surface area contributed by atoms with E-state index in [1.165, 1.54) is 16.5 Å². The molecule has 2 N–H and O–H groups in total. The number of hydrogen-bond acceptors (Lipinski definition) is 1. The Morgan fingerprint density at radius 1 is 1.29 bits per heavy atom. The third kappa shape index (κ3) is 1.42. The van der Waals surface area contributed by atoms with E-state index >= 15 is 0 Å². The van der Waals surface area contributed by atoms with Gasteiger partial charge in [0.25, 0.3) is 0 Å². The van der Waals surface area contributed by atoms with Gasteiger partial charge in [0.1, 0.15) is 0 Å². The molecule has 0 unspecified atom stereocenters. The van der Waals surface area contributed by atoms with Gasteiger partial charge < -0.3 is 10.3 Å². The molecule has 1 aromatic carbocycles. The van der Waals surface area contributed by atoms with E-state index in [4.69, 9.17) is 5.73 Å². The molecule has 2 nitrogen and oxygen atoms in total. The molecule has 0 spiro atoms. The molecule has 0 amide bonds. The Hall–Kier alpha value is -1.28. The van der Waals surface area contributed by atoms with Crippen molar-refractivity contribution in [2.24, 2.45) is 5.73 Å². The zero-order valence-corrected chi connectivity index (χ0v) is 8.53. The fourth-order valence-electron chi connectivity index (χ4n) is 1.94. The fraction of sp³-hybridized carbons (Fsp3) is 0.333. The molecule has 0 saturated heterocycles.